The van der Waals surface area contributed by atoms with Crippen molar-refractivity contribution in [2.45, 2.75) is 6.54 Å². The number of rotatable bonds is 3. The molecule has 0 radical (unpaired) electrons. The number of hydrogen-bond acceptors (Lipinski definition) is 2. The van der Waals surface area contributed by atoms with E-state index in [1.54, 1.807) is 6.07 Å². The summed E-state index contributed by atoms with van der Waals surface area (Å²) >= 11 is 0. The maximum absolute atomic E-state index is 12.8. The van der Waals surface area contributed by atoms with Crippen molar-refractivity contribution in [2.24, 2.45) is 0 Å². The van der Waals surface area contributed by atoms with E-state index in [1.165, 1.54) is 12.1 Å². The number of terminal acetylenes is 1. The minimum absolute atomic E-state index is 0.333. The number of nitrogens with one attached hydrogen (secondary N) is 1. The predicted molar refractivity (Wildman–Crippen MR) is 48.6 cm³/mol. The Hall–Kier alpha value is -1.53. The third kappa shape index (κ3) is 2.77. The average Bonchev–Trinajstić information content (AvgIpc) is 2.12. The molecule has 3 heteroatoms. The standard InChI is InChI=1S/C10H10FNO/c1-2-5-12-7-8-3-4-10(13)9(11)6-8/h1,3-4,6,12-13H,5,7H2. The SMILES string of the molecule is C#CCNCc1ccc(O)c(F)c1. The van der Waals surface area contributed by atoms with Crippen molar-refractivity contribution in [1.82, 2.24) is 5.32 Å². The molecule has 1 aromatic carbocycles. The number of phenolic OH excluding ortho intramolecular Hbond substituents is 1. The molecule has 0 fully saturated rings. The monoisotopic (exact) mass is 179 g/mol. The van der Waals surface area contributed by atoms with Crippen LogP contribution in [0.5, 0.6) is 5.75 Å². The zero-order chi connectivity index (χ0) is 9.68. The largest absolute Gasteiger partial charge is 0.505 e. The van der Waals surface area contributed by atoms with Crippen molar-refractivity contribution in [3.05, 3.63) is 29.6 Å². The second kappa shape index (κ2) is 4.48. The molecule has 0 atom stereocenters. The third-order valence-electron chi connectivity index (χ3n) is 1.57. The second-order valence-corrected chi connectivity index (χ2v) is 2.59. The Morgan fingerprint density at radius 3 is 2.92 bits per heavy atom. The Morgan fingerprint density at radius 1 is 1.54 bits per heavy atom. The van der Waals surface area contributed by atoms with Crippen molar-refractivity contribution in [3.63, 3.8) is 0 Å². The fourth-order valence-electron chi connectivity index (χ4n) is 0.939. The van der Waals surface area contributed by atoms with Crippen LogP contribution in [-0.2, 0) is 6.54 Å². The lowest BCUT2D eigenvalue weighted by Crippen LogP contribution is -2.12. The van der Waals surface area contributed by atoms with Crippen LogP contribution in [0.15, 0.2) is 18.2 Å². The van der Waals surface area contributed by atoms with Crippen LogP contribution in [-0.4, -0.2) is 11.7 Å². The van der Waals surface area contributed by atoms with E-state index >= 15 is 0 Å². The summed E-state index contributed by atoms with van der Waals surface area (Å²) in [6.07, 6.45) is 5.02. The second-order valence-electron chi connectivity index (χ2n) is 2.59. The number of benzene rings is 1. The Bertz CT molecular complexity index is 330. The molecule has 0 saturated carbocycles. The van der Waals surface area contributed by atoms with Gasteiger partial charge in [-0.3, -0.25) is 0 Å². The van der Waals surface area contributed by atoms with Crippen LogP contribution in [0.25, 0.3) is 0 Å². The minimum atomic E-state index is -0.611. The molecule has 2 N–H and O–H groups in total. The van der Waals surface area contributed by atoms with Gasteiger partial charge in [0.2, 0.25) is 0 Å². The van der Waals surface area contributed by atoms with Gasteiger partial charge in [0.25, 0.3) is 0 Å². The van der Waals surface area contributed by atoms with E-state index in [1.807, 2.05) is 0 Å². The van der Waals surface area contributed by atoms with Gasteiger partial charge < -0.3 is 10.4 Å². The van der Waals surface area contributed by atoms with Crippen LogP contribution >= 0.6 is 0 Å². The predicted octanol–water partition coefficient (Wildman–Crippen LogP) is 1.25. The highest BCUT2D eigenvalue weighted by atomic mass is 19.1. The van der Waals surface area contributed by atoms with E-state index in [9.17, 15) is 4.39 Å². The van der Waals surface area contributed by atoms with Gasteiger partial charge in [-0.25, -0.2) is 4.39 Å². The molecule has 0 saturated heterocycles. The first-order valence-corrected chi connectivity index (χ1v) is 3.85. The highest BCUT2D eigenvalue weighted by molar-refractivity contribution is 5.27. The lowest BCUT2D eigenvalue weighted by Gasteiger charge is -2.02. The van der Waals surface area contributed by atoms with Crippen LogP contribution in [0, 0.1) is 18.2 Å². The molecule has 0 aromatic heterocycles. The summed E-state index contributed by atoms with van der Waals surface area (Å²) in [6, 6.07) is 4.24. The molecule has 2 nitrogen and oxygen atoms in total. The van der Waals surface area contributed by atoms with E-state index in [4.69, 9.17) is 11.5 Å². The van der Waals surface area contributed by atoms with Gasteiger partial charge in [-0.2, -0.15) is 0 Å². The van der Waals surface area contributed by atoms with E-state index in [2.05, 4.69) is 11.2 Å². The number of phenols is 1. The molecule has 0 unspecified atom stereocenters. The first-order valence-electron chi connectivity index (χ1n) is 3.85. The first-order chi connectivity index (χ1) is 6.24. The molecule has 0 amide bonds. The normalized spacial score (nSPS) is 9.54. The summed E-state index contributed by atoms with van der Waals surface area (Å²) < 4.78 is 12.8. The summed E-state index contributed by atoms with van der Waals surface area (Å²) in [4.78, 5) is 0. The molecule has 0 bridgehead atoms. The Morgan fingerprint density at radius 2 is 2.31 bits per heavy atom. The van der Waals surface area contributed by atoms with Gasteiger partial charge in [-0.05, 0) is 17.7 Å². The average molecular weight is 179 g/mol. The lowest BCUT2D eigenvalue weighted by molar-refractivity contribution is 0.431. The van der Waals surface area contributed by atoms with Gasteiger partial charge in [0, 0.05) is 6.54 Å². The number of hydrogen-bond donors (Lipinski definition) is 2. The molecule has 0 spiro atoms. The maximum Gasteiger partial charge on any atom is 0.165 e. The van der Waals surface area contributed by atoms with Crippen LogP contribution in [0.2, 0.25) is 0 Å². The Kier molecular flexibility index (Phi) is 3.30. The van der Waals surface area contributed by atoms with Gasteiger partial charge in [0.15, 0.2) is 11.6 Å². The van der Waals surface area contributed by atoms with Crippen LogP contribution in [0.4, 0.5) is 4.39 Å². The number of aromatic hydroxyl groups is 1. The quantitative estimate of drug-likeness (QED) is 0.540. The molecular weight excluding hydrogens is 169 g/mol. The highest BCUT2D eigenvalue weighted by Crippen LogP contribution is 2.15. The molecule has 0 heterocycles. The van der Waals surface area contributed by atoms with Crippen LogP contribution in [0.3, 0.4) is 0 Å². The van der Waals surface area contributed by atoms with Gasteiger partial charge in [0.1, 0.15) is 0 Å². The molecule has 1 rings (SSSR count). The zero-order valence-corrected chi connectivity index (χ0v) is 7.05. The smallest absolute Gasteiger partial charge is 0.165 e. The van der Waals surface area contributed by atoms with Gasteiger partial charge in [-0.15, -0.1) is 6.42 Å². The van der Waals surface area contributed by atoms with Gasteiger partial charge in [-0.1, -0.05) is 12.0 Å². The van der Waals surface area contributed by atoms with Crippen LogP contribution < -0.4 is 5.32 Å². The van der Waals surface area contributed by atoms with E-state index in [0.29, 0.717) is 13.1 Å². The Balaban J connectivity index is 2.59. The highest BCUT2D eigenvalue weighted by Gasteiger charge is 2.00. The third-order valence-corrected chi connectivity index (χ3v) is 1.57. The van der Waals surface area contributed by atoms with E-state index in [0.717, 1.165) is 5.56 Å². The molecule has 13 heavy (non-hydrogen) atoms. The summed E-state index contributed by atoms with van der Waals surface area (Å²) in [7, 11) is 0. The summed E-state index contributed by atoms with van der Waals surface area (Å²) in [5, 5.41) is 11.8. The maximum atomic E-state index is 12.8. The lowest BCUT2D eigenvalue weighted by atomic mass is 10.2. The summed E-state index contributed by atoms with van der Waals surface area (Å²) in [5.74, 6) is 1.47. The van der Waals surface area contributed by atoms with Crippen LogP contribution in [0.1, 0.15) is 5.56 Å². The molecule has 1 aromatic rings. The fourth-order valence-corrected chi connectivity index (χ4v) is 0.939. The van der Waals surface area contributed by atoms with E-state index < -0.39 is 5.82 Å². The van der Waals surface area contributed by atoms with Crippen molar-refractivity contribution in [1.29, 1.82) is 0 Å². The topological polar surface area (TPSA) is 32.3 Å². The van der Waals surface area contributed by atoms with Gasteiger partial charge >= 0.3 is 0 Å². The fraction of sp³-hybridized carbons (Fsp3) is 0.200. The summed E-state index contributed by atoms with van der Waals surface area (Å²) in [5.41, 5.74) is 0.755. The molecule has 0 aliphatic rings. The molecule has 0 aliphatic heterocycles. The van der Waals surface area contributed by atoms with Crippen molar-refractivity contribution in [2.75, 3.05) is 6.54 Å². The molecule has 0 aliphatic carbocycles. The zero-order valence-electron chi connectivity index (χ0n) is 7.05. The minimum Gasteiger partial charge on any atom is -0.505 e. The van der Waals surface area contributed by atoms with Gasteiger partial charge in [0.05, 0.1) is 6.54 Å². The van der Waals surface area contributed by atoms with Crippen molar-refractivity contribution in [3.8, 4) is 18.1 Å². The summed E-state index contributed by atoms with van der Waals surface area (Å²) in [6.45, 7) is 0.948. The van der Waals surface area contributed by atoms with Crippen molar-refractivity contribution >= 4 is 0 Å². The number of halogens is 1. The molecule has 68 valence electrons. The Labute approximate surface area is 76.4 Å². The van der Waals surface area contributed by atoms with Crippen molar-refractivity contribution < 1.29 is 9.50 Å². The molecular formula is C10H10FNO. The first kappa shape index (κ1) is 9.56. The van der Waals surface area contributed by atoms with E-state index in [-0.39, 0.29) is 5.75 Å².